The van der Waals surface area contributed by atoms with Crippen LogP contribution in [0.5, 0.6) is 5.75 Å². The van der Waals surface area contributed by atoms with Crippen molar-refractivity contribution in [2.45, 2.75) is 70.3 Å². The number of halogens is 3. The largest absolute Gasteiger partial charge is 0.455 e. The molecule has 31 heavy (non-hydrogen) atoms. The van der Waals surface area contributed by atoms with E-state index in [0.29, 0.717) is 0 Å². The second-order valence-electron chi connectivity index (χ2n) is 9.23. The van der Waals surface area contributed by atoms with Gasteiger partial charge in [0.05, 0.1) is 5.56 Å². The van der Waals surface area contributed by atoms with Crippen molar-refractivity contribution in [3.63, 3.8) is 0 Å². The van der Waals surface area contributed by atoms with Crippen LogP contribution in [0, 0.1) is 29.6 Å². The first-order chi connectivity index (χ1) is 14.4. The first-order valence-electron chi connectivity index (χ1n) is 11.2. The number of rotatable bonds is 5. The first-order valence-corrected chi connectivity index (χ1v) is 11.2. The van der Waals surface area contributed by atoms with Gasteiger partial charge in [-0.05, 0) is 79.9 Å². The molecule has 0 unspecified atom stereocenters. The molecular weight excluding hydrogens is 474 g/mol. The molecule has 4 rings (SSSR count). The van der Waals surface area contributed by atoms with Crippen LogP contribution >= 0.6 is 0 Å². The van der Waals surface area contributed by atoms with Crippen LogP contribution in [0.15, 0.2) is 42.5 Å². The van der Waals surface area contributed by atoms with Crippen molar-refractivity contribution in [2.24, 2.45) is 17.8 Å². The summed E-state index contributed by atoms with van der Waals surface area (Å²) in [5.41, 5.74) is 0.112. The molecule has 2 aliphatic rings. The second kappa shape index (κ2) is 10.8. The molecule has 5 heteroatoms. The standard InChI is InChI=1S/C26H30F3O.Y/c1-18-7-9-19(10-8-18)20-11-13-21(14-12-20)22-15-16-24(25(27)17-22)26(28,29)30-23-5-3-2-4-6-23;/h3-6,15-21H,7-14H2,1H3;/q-1;. The smallest absolute Gasteiger partial charge is 0.427 e. The molecule has 2 aromatic rings. The fourth-order valence-corrected chi connectivity index (χ4v) is 5.35. The minimum absolute atomic E-state index is 0. The predicted molar refractivity (Wildman–Crippen MR) is 112 cm³/mol. The zero-order valence-corrected chi connectivity index (χ0v) is 21.0. The summed E-state index contributed by atoms with van der Waals surface area (Å²) in [4.78, 5) is 0. The maximum Gasteiger partial charge on any atom is 0.427 e. The molecule has 2 saturated carbocycles. The summed E-state index contributed by atoms with van der Waals surface area (Å²) >= 11 is 0. The Bertz CT molecular complexity index is 826. The van der Waals surface area contributed by atoms with E-state index < -0.39 is 17.5 Å². The fraction of sp³-hybridized carbons (Fsp3) is 0.538. The molecule has 2 aromatic carbocycles. The molecule has 0 bridgehead atoms. The fourth-order valence-electron chi connectivity index (χ4n) is 5.35. The monoisotopic (exact) mass is 504 g/mol. The summed E-state index contributed by atoms with van der Waals surface area (Å²) in [6, 6.07) is 12.6. The molecule has 0 N–H and O–H groups in total. The van der Waals surface area contributed by atoms with Gasteiger partial charge in [0, 0.05) is 38.5 Å². The third-order valence-electron chi connectivity index (χ3n) is 7.21. The van der Waals surface area contributed by atoms with Crippen molar-refractivity contribution in [2.75, 3.05) is 0 Å². The van der Waals surface area contributed by atoms with E-state index in [4.69, 9.17) is 4.74 Å². The van der Waals surface area contributed by atoms with Gasteiger partial charge in [-0.3, -0.25) is 0 Å². The van der Waals surface area contributed by atoms with Crippen LogP contribution in [-0.2, 0) is 38.8 Å². The van der Waals surface area contributed by atoms with E-state index in [1.165, 1.54) is 62.1 Å². The Hall–Kier alpha value is -0.866. The average molecular weight is 504 g/mol. The molecule has 0 saturated heterocycles. The number of hydrogen-bond donors (Lipinski definition) is 0. The SMILES string of the molecule is CC1CCC(C2CCC(c3ccc(C(F)(F)Oc4cc[c-]cc4)c(F)c3)CC2)CC1.[Y]. The maximum atomic E-state index is 14.6. The molecule has 165 valence electrons. The molecular formula is C26H30F3OY-. The van der Waals surface area contributed by atoms with Gasteiger partial charge in [0.2, 0.25) is 0 Å². The van der Waals surface area contributed by atoms with Gasteiger partial charge in [0.15, 0.2) is 0 Å². The third kappa shape index (κ3) is 6.13. The van der Waals surface area contributed by atoms with E-state index in [1.54, 1.807) is 6.07 Å². The van der Waals surface area contributed by atoms with E-state index in [1.807, 2.05) is 0 Å². The molecule has 0 atom stereocenters. The van der Waals surface area contributed by atoms with Crippen LogP contribution in [0.3, 0.4) is 0 Å². The molecule has 1 radical (unpaired) electrons. The Morgan fingerprint density at radius 2 is 1.45 bits per heavy atom. The number of alkyl halides is 2. The van der Waals surface area contributed by atoms with Gasteiger partial charge in [-0.1, -0.05) is 25.8 Å². The van der Waals surface area contributed by atoms with Crippen LogP contribution in [-0.4, -0.2) is 0 Å². The van der Waals surface area contributed by atoms with Crippen molar-refractivity contribution < 1.29 is 50.6 Å². The van der Waals surface area contributed by atoms with Gasteiger partial charge in [-0.15, -0.1) is 12.1 Å². The molecule has 2 fully saturated rings. The van der Waals surface area contributed by atoms with E-state index in [-0.39, 0.29) is 44.4 Å². The van der Waals surface area contributed by atoms with E-state index in [0.717, 1.165) is 49.0 Å². The first kappa shape index (κ1) is 24.8. The summed E-state index contributed by atoms with van der Waals surface area (Å²) in [6.07, 6.45) is 6.01. The van der Waals surface area contributed by atoms with Crippen molar-refractivity contribution in [3.05, 3.63) is 65.5 Å². The molecule has 0 heterocycles. The van der Waals surface area contributed by atoms with Gasteiger partial charge in [-0.25, -0.2) is 4.39 Å². The van der Waals surface area contributed by atoms with Crippen LogP contribution < -0.4 is 4.74 Å². The van der Waals surface area contributed by atoms with Crippen LogP contribution in [0.2, 0.25) is 0 Å². The number of ether oxygens (including phenoxy) is 1. The van der Waals surface area contributed by atoms with E-state index in [9.17, 15) is 13.2 Å². The van der Waals surface area contributed by atoms with Crippen molar-refractivity contribution in [1.29, 1.82) is 0 Å². The van der Waals surface area contributed by atoms with Crippen LogP contribution in [0.4, 0.5) is 13.2 Å². The molecule has 0 amide bonds. The normalized spacial score (nSPS) is 26.7. The Morgan fingerprint density at radius 3 is 2.03 bits per heavy atom. The molecule has 0 aliphatic heterocycles. The number of benzene rings is 2. The topological polar surface area (TPSA) is 9.23 Å². The van der Waals surface area contributed by atoms with Gasteiger partial charge >= 0.3 is 6.11 Å². The maximum absolute atomic E-state index is 14.6. The predicted octanol–water partition coefficient (Wildman–Crippen LogP) is 7.85. The van der Waals surface area contributed by atoms with Crippen LogP contribution in [0.1, 0.15) is 75.3 Å². The van der Waals surface area contributed by atoms with Crippen molar-refractivity contribution in [3.8, 4) is 5.75 Å². The molecule has 0 aromatic heterocycles. The Balaban J connectivity index is 0.00000272. The van der Waals surface area contributed by atoms with Gasteiger partial charge < -0.3 is 4.74 Å². The van der Waals surface area contributed by atoms with Gasteiger partial charge in [0.1, 0.15) is 5.82 Å². The zero-order valence-electron chi connectivity index (χ0n) is 18.1. The second-order valence-corrected chi connectivity index (χ2v) is 9.23. The minimum Gasteiger partial charge on any atom is -0.455 e. The van der Waals surface area contributed by atoms with Gasteiger partial charge in [-0.2, -0.15) is 27.0 Å². The minimum atomic E-state index is -3.72. The third-order valence-corrected chi connectivity index (χ3v) is 7.21. The van der Waals surface area contributed by atoms with E-state index in [2.05, 4.69) is 13.0 Å². The quantitative estimate of drug-likeness (QED) is 0.377. The average Bonchev–Trinajstić information content (AvgIpc) is 2.74. The van der Waals surface area contributed by atoms with Crippen molar-refractivity contribution in [1.82, 2.24) is 0 Å². The Kier molecular flexibility index (Phi) is 8.66. The summed E-state index contributed by atoms with van der Waals surface area (Å²) in [6.45, 7) is 2.35. The summed E-state index contributed by atoms with van der Waals surface area (Å²) in [5.74, 6) is 1.82. The van der Waals surface area contributed by atoms with Crippen LogP contribution in [0.25, 0.3) is 0 Å². The number of hydrogen-bond acceptors (Lipinski definition) is 1. The Labute approximate surface area is 209 Å². The van der Waals surface area contributed by atoms with Crippen molar-refractivity contribution >= 4 is 0 Å². The summed E-state index contributed by atoms with van der Waals surface area (Å²) in [7, 11) is 0. The van der Waals surface area contributed by atoms with E-state index >= 15 is 0 Å². The van der Waals surface area contributed by atoms with Gasteiger partial charge in [0.25, 0.3) is 0 Å². The molecule has 1 nitrogen and oxygen atoms in total. The molecule has 2 aliphatic carbocycles. The zero-order chi connectivity index (χ0) is 21.1. The summed E-state index contributed by atoms with van der Waals surface area (Å²) < 4.78 is 48.4. The molecule has 0 spiro atoms. The summed E-state index contributed by atoms with van der Waals surface area (Å²) in [5, 5.41) is 0. The Morgan fingerprint density at radius 1 is 0.871 bits per heavy atom.